The van der Waals surface area contributed by atoms with Gasteiger partial charge >= 0.3 is 5.97 Å². The standard InChI is InChI=1S/C23H15ClN2O7S/c24-18-8-5-12(9-19(18)34(25,31)32)23(30)33-11-20(27)26-13-6-7-16-17(10-13)22(29)15-4-2-1-3-14(15)21(16)28/h1-10H,11H2,(H,26,27)(H2,25,31,32). The number of nitrogens with two attached hydrogens (primary N) is 1. The molecule has 0 aliphatic heterocycles. The molecule has 0 spiro atoms. The van der Waals surface area contributed by atoms with E-state index in [1.54, 1.807) is 24.3 Å². The summed E-state index contributed by atoms with van der Waals surface area (Å²) in [6.45, 7) is -0.695. The minimum absolute atomic E-state index is 0.148. The number of esters is 1. The summed E-state index contributed by atoms with van der Waals surface area (Å²) in [5.74, 6) is -2.33. The fourth-order valence-electron chi connectivity index (χ4n) is 3.44. The van der Waals surface area contributed by atoms with Crippen LogP contribution in [0.4, 0.5) is 5.69 Å². The predicted molar refractivity (Wildman–Crippen MR) is 121 cm³/mol. The highest BCUT2D eigenvalue weighted by Crippen LogP contribution is 2.29. The number of sulfonamides is 1. The van der Waals surface area contributed by atoms with Crippen LogP contribution in [0.3, 0.4) is 0 Å². The number of hydrogen-bond donors (Lipinski definition) is 2. The van der Waals surface area contributed by atoms with Crippen molar-refractivity contribution >= 4 is 50.8 Å². The van der Waals surface area contributed by atoms with Gasteiger partial charge in [-0.15, -0.1) is 0 Å². The molecule has 0 saturated carbocycles. The van der Waals surface area contributed by atoms with E-state index in [1.165, 1.54) is 30.3 Å². The van der Waals surface area contributed by atoms with Gasteiger partial charge in [-0.25, -0.2) is 18.4 Å². The maximum atomic E-state index is 12.8. The van der Waals surface area contributed by atoms with Crippen LogP contribution in [0, 0.1) is 0 Å². The first-order valence-electron chi connectivity index (χ1n) is 9.68. The first-order valence-corrected chi connectivity index (χ1v) is 11.6. The third kappa shape index (κ3) is 4.46. The molecule has 3 N–H and O–H groups in total. The van der Waals surface area contributed by atoms with Gasteiger partial charge in [-0.3, -0.25) is 14.4 Å². The Kier molecular flexibility index (Phi) is 6.05. The molecule has 1 aliphatic carbocycles. The minimum atomic E-state index is -4.17. The quantitative estimate of drug-likeness (QED) is 0.401. The Labute approximate surface area is 198 Å². The Hall–Kier alpha value is -3.86. The zero-order valence-electron chi connectivity index (χ0n) is 17.2. The van der Waals surface area contributed by atoms with Crippen molar-refractivity contribution in [2.24, 2.45) is 5.14 Å². The number of ketones is 2. The van der Waals surface area contributed by atoms with Crippen molar-refractivity contribution in [1.29, 1.82) is 0 Å². The minimum Gasteiger partial charge on any atom is -0.452 e. The van der Waals surface area contributed by atoms with E-state index in [0.717, 1.165) is 6.07 Å². The Morgan fingerprint density at radius 2 is 1.50 bits per heavy atom. The van der Waals surface area contributed by atoms with Crippen LogP contribution in [0.2, 0.25) is 5.02 Å². The van der Waals surface area contributed by atoms with Crippen molar-refractivity contribution in [1.82, 2.24) is 0 Å². The normalized spacial score (nSPS) is 12.5. The molecule has 0 aromatic heterocycles. The first kappa shape index (κ1) is 23.3. The van der Waals surface area contributed by atoms with E-state index in [-0.39, 0.29) is 44.5 Å². The van der Waals surface area contributed by atoms with Crippen LogP contribution in [0.15, 0.2) is 65.6 Å². The topological polar surface area (TPSA) is 150 Å². The molecule has 34 heavy (non-hydrogen) atoms. The molecule has 0 atom stereocenters. The van der Waals surface area contributed by atoms with Crippen LogP contribution in [-0.2, 0) is 19.6 Å². The molecule has 172 valence electrons. The van der Waals surface area contributed by atoms with E-state index in [1.807, 2.05) is 0 Å². The Balaban J connectivity index is 1.45. The van der Waals surface area contributed by atoms with Gasteiger partial charge in [0.1, 0.15) is 4.90 Å². The highest BCUT2D eigenvalue weighted by molar-refractivity contribution is 7.89. The van der Waals surface area contributed by atoms with Crippen molar-refractivity contribution < 1.29 is 32.3 Å². The van der Waals surface area contributed by atoms with Gasteiger partial charge in [-0.1, -0.05) is 35.9 Å². The van der Waals surface area contributed by atoms with Crippen molar-refractivity contribution in [3.63, 3.8) is 0 Å². The van der Waals surface area contributed by atoms with Crippen LogP contribution >= 0.6 is 11.6 Å². The molecule has 0 bridgehead atoms. The second-order valence-electron chi connectivity index (χ2n) is 7.28. The monoisotopic (exact) mass is 498 g/mol. The fourth-order valence-corrected chi connectivity index (χ4v) is 4.51. The van der Waals surface area contributed by atoms with E-state index in [2.05, 4.69) is 5.32 Å². The lowest BCUT2D eigenvalue weighted by Crippen LogP contribution is -2.23. The van der Waals surface area contributed by atoms with Gasteiger partial charge in [-0.05, 0) is 36.4 Å². The van der Waals surface area contributed by atoms with E-state index >= 15 is 0 Å². The average molecular weight is 499 g/mol. The molecule has 0 unspecified atom stereocenters. The summed E-state index contributed by atoms with van der Waals surface area (Å²) in [6, 6.07) is 14.1. The molecule has 9 nitrogen and oxygen atoms in total. The van der Waals surface area contributed by atoms with Crippen LogP contribution in [0.1, 0.15) is 42.2 Å². The van der Waals surface area contributed by atoms with Gasteiger partial charge in [0.2, 0.25) is 10.0 Å². The molecule has 1 amide bonds. The van der Waals surface area contributed by atoms with Gasteiger partial charge in [0.15, 0.2) is 18.2 Å². The maximum absolute atomic E-state index is 12.8. The molecule has 4 rings (SSSR count). The number of rotatable bonds is 5. The first-order chi connectivity index (χ1) is 16.1. The second kappa shape index (κ2) is 8.82. The van der Waals surface area contributed by atoms with E-state index in [0.29, 0.717) is 5.56 Å². The van der Waals surface area contributed by atoms with Gasteiger partial charge in [0.05, 0.1) is 10.6 Å². The molecule has 3 aromatic carbocycles. The zero-order valence-corrected chi connectivity index (χ0v) is 18.8. The Morgan fingerprint density at radius 1 is 0.882 bits per heavy atom. The maximum Gasteiger partial charge on any atom is 0.338 e. The van der Waals surface area contributed by atoms with Crippen molar-refractivity contribution in [3.8, 4) is 0 Å². The lowest BCUT2D eigenvalue weighted by Gasteiger charge is -2.18. The number of benzene rings is 3. The van der Waals surface area contributed by atoms with Crippen LogP contribution in [0.25, 0.3) is 0 Å². The number of hydrogen-bond acceptors (Lipinski definition) is 7. The van der Waals surface area contributed by atoms with E-state index in [9.17, 15) is 27.6 Å². The number of ether oxygens (including phenoxy) is 1. The summed E-state index contributed by atoms with van der Waals surface area (Å²) >= 11 is 5.78. The summed E-state index contributed by atoms with van der Waals surface area (Å²) in [6.07, 6.45) is 0. The van der Waals surface area contributed by atoms with Gasteiger partial charge in [0, 0.05) is 27.9 Å². The van der Waals surface area contributed by atoms with Crippen molar-refractivity contribution in [2.75, 3.05) is 11.9 Å². The van der Waals surface area contributed by atoms with Crippen molar-refractivity contribution in [3.05, 3.63) is 93.5 Å². The molecule has 0 radical (unpaired) electrons. The highest BCUT2D eigenvalue weighted by Gasteiger charge is 2.29. The summed E-state index contributed by atoms with van der Waals surface area (Å²) in [4.78, 5) is 49.5. The van der Waals surface area contributed by atoms with E-state index < -0.39 is 33.4 Å². The molecular formula is C23H15ClN2O7S. The van der Waals surface area contributed by atoms with Crippen LogP contribution in [0.5, 0.6) is 0 Å². The predicted octanol–water partition coefficient (Wildman–Crippen LogP) is 2.56. The van der Waals surface area contributed by atoms with Gasteiger partial charge in [-0.2, -0.15) is 0 Å². The second-order valence-corrected chi connectivity index (χ2v) is 9.22. The third-order valence-electron chi connectivity index (χ3n) is 5.02. The number of carbonyl (C=O) groups is 4. The summed E-state index contributed by atoms with van der Waals surface area (Å²) < 4.78 is 28.0. The fraction of sp³-hybridized carbons (Fsp3) is 0.0435. The molecule has 0 fully saturated rings. The Bertz CT molecular complexity index is 1500. The Morgan fingerprint density at radius 3 is 2.15 bits per heavy atom. The van der Waals surface area contributed by atoms with Crippen LogP contribution in [-0.4, -0.2) is 38.5 Å². The SMILES string of the molecule is NS(=O)(=O)c1cc(C(=O)OCC(=O)Nc2ccc3c(c2)C(=O)c2ccccc2C3=O)ccc1Cl. The molecule has 0 heterocycles. The highest BCUT2D eigenvalue weighted by atomic mass is 35.5. The zero-order chi connectivity index (χ0) is 24.6. The smallest absolute Gasteiger partial charge is 0.338 e. The number of primary sulfonamides is 1. The van der Waals surface area contributed by atoms with Crippen molar-refractivity contribution in [2.45, 2.75) is 4.90 Å². The third-order valence-corrected chi connectivity index (χ3v) is 6.41. The van der Waals surface area contributed by atoms with Gasteiger partial charge < -0.3 is 10.1 Å². The lowest BCUT2D eigenvalue weighted by atomic mass is 9.84. The van der Waals surface area contributed by atoms with Crippen LogP contribution < -0.4 is 10.5 Å². The summed E-state index contributed by atoms with van der Waals surface area (Å²) in [7, 11) is -4.17. The van der Waals surface area contributed by atoms with Gasteiger partial charge in [0.25, 0.3) is 5.91 Å². The average Bonchev–Trinajstić information content (AvgIpc) is 2.80. The summed E-state index contributed by atoms with van der Waals surface area (Å²) in [5.41, 5.74) is 1.02. The number of amides is 1. The lowest BCUT2D eigenvalue weighted by molar-refractivity contribution is -0.119. The number of fused-ring (bicyclic) bond motifs is 2. The molecule has 3 aromatic rings. The van der Waals surface area contributed by atoms with E-state index in [4.69, 9.17) is 21.5 Å². The summed E-state index contributed by atoms with van der Waals surface area (Å²) in [5, 5.41) is 7.37. The largest absolute Gasteiger partial charge is 0.452 e. The molecule has 1 aliphatic rings. The number of halogens is 1. The molecular weight excluding hydrogens is 484 g/mol. The number of carbonyl (C=O) groups excluding carboxylic acids is 4. The molecule has 11 heteroatoms. The number of nitrogens with one attached hydrogen (secondary N) is 1. The molecule has 0 saturated heterocycles. The number of anilines is 1.